The first kappa shape index (κ1) is 27.7. The highest BCUT2D eigenvalue weighted by atomic mass is 32.1. The van der Waals surface area contributed by atoms with E-state index in [0.717, 1.165) is 10.4 Å². The van der Waals surface area contributed by atoms with E-state index in [0.29, 0.717) is 10.6 Å². The summed E-state index contributed by atoms with van der Waals surface area (Å²) in [5.74, 6) is 0. The molecule has 3 rings (SSSR count). The molecule has 2 N–H and O–H groups in total. The van der Waals surface area contributed by atoms with Crippen molar-refractivity contribution in [2.45, 2.75) is 71.9 Å². The number of alkyl carbamates (subject to hydrolysis) is 1. The molecule has 0 bridgehead atoms. The number of carbonyl (C=O) groups excluding carboxylic acids is 2. The van der Waals surface area contributed by atoms with E-state index in [4.69, 9.17) is 18.8 Å². The summed E-state index contributed by atoms with van der Waals surface area (Å²) in [6.07, 6.45) is 2.31. The van der Waals surface area contributed by atoms with E-state index in [-0.39, 0.29) is 13.2 Å². The topological polar surface area (TPSA) is 108 Å². The monoisotopic (exact) mass is 515 g/mol. The Morgan fingerprint density at radius 2 is 1.72 bits per heavy atom. The Hall–Kier alpha value is -2.89. The molecule has 1 aromatic heterocycles. The number of hydrogen-bond acceptors (Lipinski definition) is 8. The van der Waals surface area contributed by atoms with Crippen molar-refractivity contribution in [1.82, 2.24) is 10.3 Å². The van der Waals surface area contributed by atoms with Crippen molar-refractivity contribution < 1.29 is 28.4 Å². The molecule has 1 fully saturated rings. The Bertz CT molecular complexity index is 1080. The number of nitrogens with zero attached hydrogens (tertiary/aromatic N) is 1. The minimum atomic E-state index is -0.686. The Morgan fingerprint density at radius 3 is 2.33 bits per heavy atom. The Kier molecular flexibility index (Phi) is 8.48. The molecule has 36 heavy (non-hydrogen) atoms. The predicted octanol–water partition coefficient (Wildman–Crippen LogP) is 5.43. The van der Waals surface area contributed by atoms with E-state index in [2.05, 4.69) is 15.6 Å². The molecule has 0 spiro atoms. The second-order valence-electron chi connectivity index (χ2n) is 10.4. The van der Waals surface area contributed by atoms with Crippen LogP contribution in [0.5, 0.6) is 0 Å². The summed E-state index contributed by atoms with van der Waals surface area (Å²) in [5.41, 5.74) is -0.153. The van der Waals surface area contributed by atoms with Gasteiger partial charge in [-0.25, -0.2) is 14.6 Å². The second-order valence-corrected chi connectivity index (χ2v) is 11.5. The molecule has 0 saturated carbocycles. The standard InChI is InChI=1S/C25H34BN3O6S/c1-23(2,3)33-22(31)29-20-27-15-19(36-20)13-18(26-34-24(4,5)25(6,7)35-26)14-28-21(30)32-16-17-11-9-8-10-12-17/h8-13,15H,14,16H2,1-7H3,(H,28,30)(H,27,29,31). The maximum absolute atomic E-state index is 12.4. The van der Waals surface area contributed by atoms with Crippen LogP contribution < -0.4 is 10.6 Å². The molecule has 2 heterocycles. The fraction of sp³-hybridized carbons (Fsp3) is 0.480. The van der Waals surface area contributed by atoms with E-state index in [1.165, 1.54) is 11.3 Å². The third kappa shape index (κ3) is 7.81. The molecular formula is C25H34BN3O6S. The van der Waals surface area contributed by atoms with Crippen LogP contribution in [0.25, 0.3) is 6.08 Å². The zero-order chi connectivity index (χ0) is 26.6. The van der Waals surface area contributed by atoms with Crippen LogP contribution in [0.4, 0.5) is 14.7 Å². The van der Waals surface area contributed by atoms with E-state index < -0.39 is 36.1 Å². The van der Waals surface area contributed by atoms with Gasteiger partial charge in [0.1, 0.15) is 12.2 Å². The van der Waals surface area contributed by atoms with Crippen LogP contribution in [0.3, 0.4) is 0 Å². The summed E-state index contributed by atoms with van der Waals surface area (Å²) in [6.45, 7) is 13.5. The van der Waals surface area contributed by atoms with Crippen molar-refractivity contribution in [3.8, 4) is 0 Å². The van der Waals surface area contributed by atoms with Crippen molar-refractivity contribution in [2.75, 3.05) is 11.9 Å². The third-order valence-corrected chi connectivity index (χ3v) is 6.52. The van der Waals surface area contributed by atoms with Gasteiger partial charge in [-0.05, 0) is 65.6 Å². The quantitative estimate of drug-likeness (QED) is 0.474. The lowest BCUT2D eigenvalue weighted by molar-refractivity contribution is 0.00578. The van der Waals surface area contributed by atoms with Crippen LogP contribution in [-0.2, 0) is 25.4 Å². The fourth-order valence-corrected chi connectivity index (χ4v) is 3.91. The molecule has 0 aliphatic carbocycles. The highest BCUT2D eigenvalue weighted by molar-refractivity contribution is 7.16. The summed E-state index contributed by atoms with van der Waals surface area (Å²) in [6, 6.07) is 9.44. The number of aromatic nitrogens is 1. The molecule has 1 saturated heterocycles. The Morgan fingerprint density at radius 1 is 1.08 bits per heavy atom. The second kappa shape index (κ2) is 11.0. The van der Waals surface area contributed by atoms with Gasteiger partial charge >= 0.3 is 19.3 Å². The van der Waals surface area contributed by atoms with E-state index in [9.17, 15) is 9.59 Å². The number of carbonyl (C=O) groups is 2. The molecule has 1 aliphatic rings. The van der Waals surface area contributed by atoms with Gasteiger partial charge in [0.15, 0.2) is 5.13 Å². The lowest BCUT2D eigenvalue weighted by atomic mass is 9.77. The normalized spacial score (nSPS) is 17.0. The summed E-state index contributed by atoms with van der Waals surface area (Å²) in [5, 5.41) is 5.80. The molecule has 0 radical (unpaired) electrons. The molecule has 194 valence electrons. The first-order chi connectivity index (χ1) is 16.7. The van der Waals surface area contributed by atoms with Gasteiger partial charge in [0.25, 0.3) is 0 Å². The van der Waals surface area contributed by atoms with Crippen LogP contribution in [-0.4, -0.2) is 47.6 Å². The van der Waals surface area contributed by atoms with Crippen molar-refractivity contribution >= 4 is 41.8 Å². The summed E-state index contributed by atoms with van der Waals surface area (Å²) < 4.78 is 23.0. The smallest absolute Gasteiger partial charge is 0.445 e. The molecular weight excluding hydrogens is 481 g/mol. The third-order valence-electron chi connectivity index (χ3n) is 5.66. The highest BCUT2D eigenvalue weighted by Crippen LogP contribution is 2.39. The number of thiazole rings is 1. The number of amides is 2. The van der Waals surface area contributed by atoms with Crippen molar-refractivity contribution in [3.05, 3.63) is 52.4 Å². The number of anilines is 1. The molecule has 0 atom stereocenters. The van der Waals surface area contributed by atoms with Crippen molar-refractivity contribution in [2.24, 2.45) is 0 Å². The van der Waals surface area contributed by atoms with Crippen LogP contribution in [0.15, 0.2) is 42.0 Å². The number of nitrogens with one attached hydrogen (secondary N) is 2. The maximum Gasteiger partial charge on any atom is 0.492 e. The molecule has 2 amide bonds. The van der Waals surface area contributed by atoms with Gasteiger partial charge in [-0.2, -0.15) is 0 Å². The Balaban J connectivity index is 1.71. The molecule has 9 nitrogen and oxygen atoms in total. The number of benzene rings is 1. The average Bonchev–Trinajstić information content (AvgIpc) is 3.28. The summed E-state index contributed by atoms with van der Waals surface area (Å²) in [4.78, 5) is 29.4. The lowest BCUT2D eigenvalue weighted by Gasteiger charge is -2.32. The summed E-state index contributed by atoms with van der Waals surface area (Å²) >= 11 is 1.26. The van der Waals surface area contributed by atoms with Crippen LogP contribution >= 0.6 is 11.3 Å². The Labute approximate surface area is 216 Å². The lowest BCUT2D eigenvalue weighted by Crippen LogP contribution is -2.41. The number of rotatable bonds is 7. The molecule has 1 aromatic carbocycles. The minimum Gasteiger partial charge on any atom is -0.445 e. The first-order valence-corrected chi connectivity index (χ1v) is 12.5. The van der Waals surface area contributed by atoms with Gasteiger partial charge in [-0.1, -0.05) is 41.7 Å². The minimum absolute atomic E-state index is 0.136. The number of ether oxygens (including phenoxy) is 2. The largest absolute Gasteiger partial charge is 0.492 e. The van der Waals surface area contributed by atoms with Gasteiger partial charge in [0.05, 0.1) is 11.2 Å². The SMILES string of the molecule is CC(C)(C)OC(=O)Nc1ncc(C=C(CNC(=O)OCc2ccccc2)B2OC(C)(C)C(C)(C)O2)s1. The molecule has 0 unspecified atom stereocenters. The number of hydrogen-bond donors (Lipinski definition) is 2. The zero-order valence-electron chi connectivity index (χ0n) is 21.8. The van der Waals surface area contributed by atoms with Gasteiger partial charge in [-0.15, -0.1) is 0 Å². The molecule has 2 aromatic rings. The summed E-state index contributed by atoms with van der Waals surface area (Å²) in [7, 11) is -0.686. The van der Waals surface area contributed by atoms with Crippen molar-refractivity contribution in [3.63, 3.8) is 0 Å². The van der Waals surface area contributed by atoms with Crippen LogP contribution in [0.2, 0.25) is 0 Å². The van der Waals surface area contributed by atoms with Crippen LogP contribution in [0.1, 0.15) is 58.9 Å². The van der Waals surface area contributed by atoms with E-state index >= 15 is 0 Å². The maximum atomic E-state index is 12.4. The van der Waals surface area contributed by atoms with Gasteiger partial charge in [0, 0.05) is 17.6 Å². The first-order valence-electron chi connectivity index (χ1n) is 11.7. The zero-order valence-corrected chi connectivity index (χ0v) is 22.7. The average molecular weight is 515 g/mol. The fourth-order valence-electron chi connectivity index (χ4n) is 3.13. The van der Waals surface area contributed by atoms with Gasteiger partial charge in [0.2, 0.25) is 0 Å². The molecule has 11 heteroatoms. The van der Waals surface area contributed by atoms with Gasteiger partial charge < -0.3 is 24.1 Å². The van der Waals surface area contributed by atoms with Crippen molar-refractivity contribution in [1.29, 1.82) is 0 Å². The molecule has 1 aliphatic heterocycles. The van der Waals surface area contributed by atoms with Crippen LogP contribution in [0, 0.1) is 0 Å². The van der Waals surface area contributed by atoms with E-state index in [1.54, 1.807) is 27.0 Å². The van der Waals surface area contributed by atoms with Gasteiger partial charge in [-0.3, -0.25) is 5.32 Å². The van der Waals surface area contributed by atoms with E-state index in [1.807, 2.05) is 64.1 Å². The highest BCUT2D eigenvalue weighted by Gasteiger charge is 2.52. The predicted molar refractivity (Wildman–Crippen MR) is 141 cm³/mol.